The number of aromatic hydroxyl groups is 1. The number of phenols is 1. The summed E-state index contributed by atoms with van der Waals surface area (Å²) < 4.78 is 6.98. The number of nitrogens with zero attached hydrogens (tertiary/aromatic N) is 3. The van der Waals surface area contributed by atoms with E-state index in [4.69, 9.17) is 21.4 Å². The Kier molecular flexibility index (Phi) is 4.64. The van der Waals surface area contributed by atoms with Crippen LogP contribution in [0.1, 0.15) is 6.42 Å². The highest BCUT2D eigenvalue weighted by molar-refractivity contribution is 6.32. The summed E-state index contributed by atoms with van der Waals surface area (Å²) in [4.78, 5) is 17.6. The minimum atomic E-state index is -1.00. The van der Waals surface area contributed by atoms with Crippen molar-refractivity contribution >= 4 is 29.0 Å². The van der Waals surface area contributed by atoms with E-state index in [1.165, 1.54) is 13.2 Å². The Bertz CT molecular complexity index is 1050. The fraction of sp³-hybridized carbons (Fsp3) is 0.263. The lowest BCUT2D eigenvalue weighted by Gasteiger charge is -2.18. The molecule has 0 saturated carbocycles. The molecule has 28 heavy (non-hydrogen) atoms. The van der Waals surface area contributed by atoms with Crippen molar-refractivity contribution < 1.29 is 19.7 Å². The number of phenolic OH excluding ortho intramolecular Hbond substituents is 1. The number of aromatic nitrogens is 2. The number of methoxy groups -OCH3 is 1. The molecule has 1 fully saturated rings. The number of carboxylic acid groups (broad SMARTS) is 1. The number of ether oxygens (including phenoxy) is 1. The van der Waals surface area contributed by atoms with Crippen molar-refractivity contribution in [3.05, 3.63) is 41.7 Å². The number of hydrogen-bond acceptors (Lipinski definition) is 5. The van der Waals surface area contributed by atoms with Crippen LogP contribution in [0.2, 0.25) is 5.02 Å². The predicted octanol–water partition coefficient (Wildman–Crippen LogP) is 3.22. The van der Waals surface area contributed by atoms with Crippen LogP contribution in [0, 0.1) is 0 Å². The molecule has 1 aliphatic heterocycles. The summed E-state index contributed by atoms with van der Waals surface area (Å²) in [6.45, 7) is 1.38. The average molecular weight is 403 g/mol. The molecule has 0 aliphatic carbocycles. The third-order valence-electron chi connectivity index (χ3n) is 4.87. The number of rotatable bonds is 4. The summed E-state index contributed by atoms with van der Waals surface area (Å²) in [6.07, 6.45) is 3.46. The van der Waals surface area contributed by atoms with E-state index in [9.17, 15) is 9.90 Å². The molecule has 0 bridgehead atoms. The van der Waals surface area contributed by atoms with E-state index < -0.39 is 6.09 Å². The largest absolute Gasteiger partial charge is 0.507 e. The maximum Gasteiger partial charge on any atom is 0.404 e. The molecule has 0 spiro atoms. The predicted molar refractivity (Wildman–Crippen MR) is 106 cm³/mol. The normalized spacial score (nSPS) is 16.5. The van der Waals surface area contributed by atoms with Gasteiger partial charge >= 0.3 is 6.09 Å². The van der Waals surface area contributed by atoms with Crippen LogP contribution in [0.3, 0.4) is 0 Å². The molecule has 1 aromatic carbocycles. The number of benzene rings is 1. The van der Waals surface area contributed by atoms with Gasteiger partial charge in [-0.1, -0.05) is 11.6 Å². The molecule has 9 heteroatoms. The number of hydrogen-bond donors (Lipinski definition) is 3. The zero-order chi connectivity index (χ0) is 19.8. The van der Waals surface area contributed by atoms with E-state index in [0.717, 1.165) is 18.7 Å². The second-order valence-corrected chi connectivity index (χ2v) is 7.07. The summed E-state index contributed by atoms with van der Waals surface area (Å²) in [5.74, 6) is 0.430. The van der Waals surface area contributed by atoms with Crippen molar-refractivity contribution in [2.24, 2.45) is 0 Å². The third kappa shape index (κ3) is 3.38. The molecule has 3 N–H and O–H groups in total. The molecule has 1 atom stereocenters. The molecular weight excluding hydrogens is 384 g/mol. The van der Waals surface area contributed by atoms with Crippen molar-refractivity contribution in [1.82, 2.24) is 14.7 Å². The Morgan fingerprint density at radius 2 is 2.21 bits per heavy atom. The van der Waals surface area contributed by atoms with Gasteiger partial charge in [0.05, 0.1) is 23.9 Å². The van der Waals surface area contributed by atoms with E-state index in [2.05, 4.69) is 15.2 Å². The summed E-state index contributed by atoms with van der Waals surface area (Å²) in [7, 11) is 1.49. The molecule has 3 aromatic rings. The molecule has 1 unspecified atom stereocenters. The maximum atomic E-state index is 10.8. The maximum absolute atomic E-state index is 10.8. The summed E-state index contributed by atoms with van der Waals surface area (Å²) in [5, 5.41) is 22.1. The van der Waals surface area contributed by atoms with Gasteiger partial charge in [0.15, 0.2) is 0 Å². The van der Waals surface area contributed by atoms with Crippen molar-refractivity contribution in [2.45, 2.75) is 12.5 Å². The van der Waals surface area contributed by atoms with Crippen LogP contribution in [0.4, 0.5) is 10.5 Å². The second-order valence-electron chi connectivity index (χ2n) is 6.66. The number of imidazole rings is 1. The van der Waals surface area contributed by atoms with Crippen LogP contribution in [0.15, 0.2) is 36.7 Å². The Labute approximate surface area is 165 Å². The lowest BCUT2D eigenvalue weighted by atomic mass is 10.1. The molecule has 146 valence electrons. The highest BCUT2D eigenvalue weighted by Gasteiger charge is 2.24. The minimum absolute atomic E-state index is 0.0343. The number of anilines is 1. The Hall–Kier alpha value is -3.13. The van der Waals surface area contributed by atoms with E-state index in [1.807, 2.05) is 28.9 Å². The fourth-order valence-electron chi connectivity index (χ4n) is 3.49. The molecule has 4 rings (SSSR count). The smallest absolute Gasteiger partial charge is 0.404 e. The second kappa shape index (κ2) is 7.12. The van der Waals surface area contributed by atoms with Gasteiger partial charge in [0, 0.05) is 48.9 Å². The monoisotopic (exact) mass is 402 g/mol. The summed E-state index contributed by atoms with van der Waals surface area (Å²) in [5.41, 5.74) is 2.79. The van der Waals surface area contributed by atoms with Crippen molar-refractivity contribution in [1.29, 1.82) is 0 Å². The first-order valence-corrected chi connectivity index (χ1v) is 9.12. The molecule has 0 radical (unpaired) electrons. The van der Waals surface area contributed by atoms with Crippen LogP contribution in [-0.2, 0) is 0 Å². The van der Waals surface area contributed by atoms with E-state index in [0.29, 0.717) is 34.2 Å². The Balaban J connectivity index is 1.63. The molecule has 8 nitrogen and oxygen atoms in total. The first kappa shape index (κ1) is 18.2. The fourth-order valence-corrected chi connectivity index (χ4v) is 3.73. The van der Waals surface area contributed by atoms with E-state index in [1.54, 1.807) is 6.07 Å². The van der Waals surface area contributed by atoms with Crippen molar-refractivity contribution in [3.8, 4) is 22.8 Å². The molecule has 1 aliphatic rings. The van der Waals surface area contributed by atoms with Crippen LogP contribution in [-0.4, -0.2) is 51.9 Å². The SMILES string of the molecule is COc1cc(O)c(-c2cn3ccc(N4CCC(NC(=O)O)C4)cc3n2)cc1Cl. The number of halogens is 1. The summed E-state index contributed by atoms with van der Waals surface area (Å²) in [6, 6.07) is 6.91. The highest BCUT2D eigenvalue weighted by atomic mass is 35.5. The van der Waals surface area contributed by atoms with Gasteiger partial charge in [0.1, 0.15) is 17.1 Å². The molecular formula is C19H19ClN4O4. The quantitative estimate of drug-likeness (QED) is 0.619. The van der Waals surface area contributed by atoms with E-state index in [-0.39, 0.29) is 11.8 Å². The van der Waals surface area contributed by atoms with Crippen molar-refractivity contribution in [2.75, 3.05) is 25.1 Å². The van der Waals surface area contributed by atoms with Gasteiger partial charge in [-0.05, 0) is 18.6 Å². The first-order chi connectivity index (χ1) is 13.4. The number of nitrogens with one attached hydrogen (secondary N) is 1. The lowest BCUT2D eigenvalue weighted by molar-refractivity contribution is 0.191. The highest BCUT2D eigenvalue weighted by Crippen LogP contribution is 2.37. The molecule has 2 aromatic heterocycles. The van der Waals surface area contributed by atoms with Gasteiger partial charge in [-0.25, -0.2) is 9.78 Å². The molecule has 3 heterocycles. The van der Waals surface area contributed by atoms with Gasteiger partial charge in [-0.3, -0.25) is 0 Å². The number of carbonyl (C=O) groups is 1. The Morgan fingerprint density at radius 3 is 2.96 bits per heavy atom. The van der Waals surface area contributed by atoms with Crippen molar-refractivity contribution in [3.63, 3.8) is 0 Å². The molecule has 1 amide bonds. The zero-order valence-corrected chi connectivity index (χ0v) is 15.8. The van der Waals surface area contributed by atoms with Gasteiger partial charge in [-0.2, -0.15) is 0 Å². The van der Waals surface area contributed by atoms with E-state index >= 15 is 0 Å². The van der Waals surface area contributed by atoms with Gasteiger partial charge in [0.2, 0.25) is 0 Å². The van der Waals surface area contributed by atoms with Gasteiger partial charge in [-0.15, -0.1) is 0 Å². The van der Waals surface area contributed by atoms with Crippen LogP contribution >= 0.6 is 11.6 Å². The number of pyridine rings is 1. The summed E-state index contributed by atoms with van der Waals surface area (Å²) >= 11 is 6.19. The van der Waals surface area contributed by atoms with Gasteiger partial charge < -0.3 is 29.6 Å². The lowest BCUT2D eigenvalue weighted by Crippen LogP contribution is -2.36. The average Bonchev–Trinajstić information content (AvgIpc) is 3.28. The van der Waals surface area contributed by atoms with Crippen LogP contribution in [0.25, 0.3) is 16.9 Å². The first-order valence-electron chi connectivity index (χ1n) is 8.74. The number of fused-ring (bicyclic) bond motifs is 1. The van der Waals surface area contributed by atoms with Crippen LogP contribution in [0.5, 0.6) is 11.5 Å². The topological polar surface area (TPSA) is 99.3 Å². The standard InChI is InChI=1S/C19H19ClN4O4/c1-28-17-8-16(25)13(7-14(17)20)15-10-24-5-3-12(6-18(24)22-15)23-4-2-11(9-23)21-19(26)27/h3,5-8,10-11,21,25H,2,4,9H2,1H3,(H,26,27). The van der Waals surface area contributed by atoms with Gasteiger partial charge in [0.25, 0.3) is 0 Å². The Morgan fingerprint density at radius 1 is 1.39 bits per heavy atom. The zero-order valence-electron chi connectivity index (χ0n) is 15.1. The number of amides is 1. The third-order valence-corrected chi connectivity index (χ3v) is 5.17. The minimum Gasteiger partial charge on any atom is -0.507 e. The molecule has 1 saturated heterocycles. The van der Waals surface area contributed by atoms with Crippen LogP contribution < -0.4 is 15.0 Å².